The quantitative estimate of drug-likeness (QED) is 0.634. The van der Waals surface area contributed by atoms with Crippen LogP contribution in [0.4, 0.5) is 5.82 Å². The van der Waals surface area contributed by atoms with Crippen molar-refractivity contribution in [2.75, 3.05) is 51.3 Å². The van der Waals surface area contributed by atoms with Crippen LogP contribution in [0.15, 0.2) is 10.6 Å². The molecule has 0 unspecified atom stereocenters. The zero-order valence-electron chi connectivity index (χ0n) is 15.8. The summed E-state index contributed by atoms with van der Waals surface area (Å²) >= 11 is 0. The van der Waals surface area contributed by atoms with Crippen molar-refractivity contribution in [3.05, 3.63) is 11.8 Å². The van der Waals surface area contributed by atoms with Crippen molar-refractivity contribution in [2.24, 2.45) is 0 Å². The average Bonchev–Trinajstić information content (AvgIpc) is 3.04. The molecule has 1 aliphatic heterocycles. The van der Waals surface area contributed by atoms with E-state index in [1.54, 1.807) is 17.9 Å². The second kappa shape index (κ2) is 10.9. The minimum absolute atomic E-state index is 0.0261. The molecule has 2 rings (SSSR count). The number of hydrogen-bond acceptors (Lipinski definition) is 6. The maximum Gasteiger partial charge on any atom is 0.245 e. The largest absolute Gasteiger partial charge is 0.379 e. The van der Waals surface area contributed by atoms with Crippen LogP contribution >= 0.6 is 0 Å². The van der Waals surface area contributed by atoms with Gasteiger partial charge in [0.05, 0.1) is 19.8 Å². The van der Waals surface area contributed by atoms with Crippen molar-refractivity contribution in [3.8, 4) is 0 Å². The SMILES string of the molecule is CCCCCC(=O)N(CCN1CCOCC1)CC(=O)Nc1cc(C)on1. The smallest absolute Gasteiger partial charge is 0.245 e. The zero-order valence-corrected chi connectivity index (χ0v) is 15.8. The Bertz CT molecular complexity index is 569. The Morgan fingerprint density at radius 2 is 2.08 bits per heavy atom. The van der Waals surface area contributed by atoms with Gasteiger partial charge in [-0.3, -0.25) is 14.5 Å². The normalized spacial score (nSPS) is 15.0. The van der Waals surface area contributed by atoms with Crippen LogP contribution in [0.2, 0.25) is 0 Å². The maximum absolute atomic E-state index is 12.6. The number of hydrogen-bond donors (Lipinski definition) is 1. The maximum atomic E-state index is 12.6. The number of ether oxygens (including phenoxy) is 1. The monoisotopic (exact) mass is 366 g/mol. The van der Waals surface area contributed by atoms with Gasteiger partial charge in [-0.25, -0.2) is 0 Å². The van der Waals surface area contributed by atoms with Gasteiger partial charge in [-0.1, -0.05) is 24.9 Å². The Hall–Kier alpha value is -1.93. The van der Waals surface area contributed by atoms with E-state index in [9.17, 15) is 9.59 Å². The number of morpholine rings is 1. The molecule has 0 radical (unpaired) electrons. The summed E-state index contributed by atoms with van der Waals surface area (Å²) < 4.78 is 10.3. The molecule has 0 aliphatic carbocycles. The molecule has 0 spiro atoms. The lowest BCUT2D eigenvalue weighted by molar-refractivity contribution is -0.135. The Morgan fingerprint density at radius 1 is 1.31 bits per heavy atom. The molecule has 8 heteroatoms. The number of aryl methyl sites for hydroxylation is 1. The first kappa shape index (κ1) is 20.4. The topological polar surface area (TPSA) is 87.9 Å². The minimum Gasteiger partial charge on any atom is -0.379 e. The summed E-state index contributed by atoms with van der Waals surface area (Å²) in [4.78, 5) is 28.8. The molecule has 1 aromatic heterocycles. The van der Waals surface area contributed by atoms with Gasteiger partial charge in [-0.15, -0.1) is 0 Å². The fourth-order valence-corrected chi connectivity index (χ4v) is 2.84. The molecule has 1 fully saturated rings. The first-order valence-electron chi connectivity index (χ1n) is 9.39. The number of unbranched alkanes of at least 4 members (excludes halogenated alkanes) is 2. The van der Waals surface area contributed by atoms with Crippen molar-refractivity contribution in [3.63, 3.8) is 0 Å². The first-order chi connectivity index (χ1) is 12.6. The Morgan fingerprint density at radius 3 is 2.73 bits per heavy atom. The molecule has 1 saturated heterocycles. The van der Waals surface area contributed by atoms with Gasteiger partial charge in [-0.05, 0) is 13.3 Å². The molecule has 2 heterocycles. The molecule has 0 aromatic carbocycles. The number of amides is 2. The van der Waals surface area contributed by atoms with Crippen molar-refractivity contribution >= 4 is 17.6 Å². The molecule has 146 valence electrons. The highest BCUT2D eigenvalue weighted by atomic mass is 16.5. The number of anilines is 1. The van der Waals surface area contributed by atoms with E-state index in [4.69, 9.17) is 9.26 Å². The molecule has 0 bridgehead atoms. The summed E-state index contributed by atoms with van der Waals surface area (Å²) in [5, 5.41) is 6.44. The highest BCUT2D eigenvalue weighted by Crippen LogP contribution is 2.08. The molecule has 0 atom stereocenters. The molecule has 26 heavy (non-hydrogen) atoms. The fraction of sp³-hybridized carbons (Fsp3) is 0.722. The molecule has 2 amide bonds. The minimum atomic E-state index is -0.260. The van der Waals surface area contributed by atoms with Gasteiger partial charge in [-0.2, -0.15) is 0 Å². The predicted molar refractivity (Wildman–Crippen MR) is 97.9 cm³/mol. The lowest BCUT2D eigenvalue weighted by Gasteiger charge is -2.30. The van der Waals surface area contributed by atoms with E-state index in [1.165, 1.54) is 0 Å². The van der Waals surface area contributed by atoms with Gasteiger partial charge in [0.15, 0.2) is 5.82 Å². The van der Waals surface area contributed by atoms with Crippen LogP contribution in [-0.4, -0.2) is 72.7 Å². The third-order valence-corrected chi connectivity index (χ3v) is 4.37. The van der Waals surface area contributed by atoms with Crippen LogP contribution in [-0.2, 0) is 14.3 Å². The molecule has 8 nitrogen and oxygen atoms in total. The third-order valence-electron chi connectivity index (χ3n) is 4.37. The van der Waals surface area contributed by atoms with Crippen molar-refractivity contribution < 1.29 is 18.8 Å². The second-order valence-corrected chi connectivity index (χ2v) is 6.60. The van der Waals surface area contributed by atoms with Crippen LogP contribution in [0.1, 0.15) is 38.4 Å². The summed E-state index contributed by atoms with van der Waals surface area (Å²) in [6.45, 7) is 8.34. The Kier molecular flexibility index (Phi) is 8.57. The molecule has 0 saturated carbocycles. The summed E-state index contributed by atoms with van der Waals surface area (Å²) in [5.41, 5.74) is 0. The van der Waals surface area contributed by atoms with Gasteiger partial charge < -0.3 is 19.5 Å². The summed E-state index contributed by atoms with van der Waals surface area (Å²) in [6, 6.07) is 1.65. The van der Waals surface area contributed by atoms with Gasteiger partial charge >= 0.3 is 0 Å². The Labute approximate surface area is 154 Å². The highest BCUT2D eigenvalue weighted by Gasteiger charge is 2.19. The van der Waals surface area contributed by atoms with Gasteiger partial charge in [0.25, 0.3) is 0 Å². The van der Waals surface area contributed by atoms with Gasteiger partial charge in [0, 0.05) is 38.7 Å². The predicted octanol–water partition coefficient (Wildman–Crippen LogP) is 1.66. The van der Waals surface area contributed by atoms with Crippen molar-refractivity contribution in [1.82, 2.24) is 15.0 Å². The fourth-order valence-electron chi connectivity index (χ4n) is 2.84. The van der Waals surface area contributed by atoms with Crippen molar-refractivity contribution in [1.29, 1.82) is 0 Å². The zero-order chi connectivity index (χ0) is 18.8. The van der Waals surface area contributed by atoms with Gasteiger partial charge in [0.1, 0.15) is 5.76 Å². The molecular weight excluding hydrogens is 336 g/mol. The number of nitrogens with one attached hydrogen (secondary N) is 1. The molecule has 1 aromatic rings. The molecule has 1 aliphatic rings. The van der Waals surface area contributed by atoms with Crippen LogP contribution in [0.25, 0.3) is 0 Å². The standard InChI is InChI=1S/C18H30N4O4/c1-3-4-5-6-18(24)22(8-7-21-9-11-25-12-10-21)14-17(23)19-16-13-15(2)26-20-16/h13H,3-12,14H2,1-2H3,(H,19,20,23). The average molecular weight is 366 g/mol. The lowest BCUT2D eigenvalue weighted by atomic mass is 10.2. The summed E-state index contributed by atoms with van der Waals surface area (Å²) in [7, 11) is 0. The van der Waals surface area contributed by atoms with E-state index < -0.39 is 0 Å². The molecule has 1 N–H and O–H groups in total. The van der Waals surface area contributed by atoms with Gasteiger partial charge in [0.2, 0.25) is 11.8 Å². The second-order valence-electron chi connectivity index (χ2n) is 6.60. The highest BCUT2D eigenvalue weighted by molar-refractivity contribution is 5.93. The van der Waals surface area contributed by atoms with E-state index in [1.807, 2.05) is 0 Å². The van der Waals surface area contributed by atoms with E-state index in [0.29, 0.717) is 24.5 Å². The van der Waals surface area contributed by atoms with Crippen LogP contribution < -0.4 is 5.32 Å². The van der Waals surface area contributed by atoms with Crippen molar-refractivity contribution in [2.45, 2.75) is 39.5 Å². The van der Waals surface area contributed by atoms with E-state index in [2.05, 4.69) is 22.3 Å². The third kappa shape index (κ3) is 7.13. The Balaban J connectivity index is 1.87. The first-order valence-corrected chi connectivity index (χ1v) is 9.39. The molecular formula is C18H30N4O4. The van der Waals surface area contributed by atoms with Crippen LogP contribution in [0.3, 0.4) is 0 Å². The summed E-state index contributed by atoms with van der Waals surface area (Å²) in [6.07, 6.45) is 3.42. The number of nitrogens with zero attached hydrogens (tertiary/aromatic N) is 3. The van der Waals surface area contributed by atoms with Crippen LogP contribution in [0.5, 0.6) is 0 Å². The number of carbonyl (C=O) groups is 2. The summed E-state index contributed by atoms with van der Waals surface area (Å²) in [5.74, 6) is 0.765. The lowest BCUT2D eigenvalue weighted by Crippen LogP contribution is -2.45. The van der Waals surface area contributed by atoms with E-state index in [-0.39, 0.29) is 18.4 Å². The van der Waals surface area contributed by atoms with E-state index in [0.717, 1.165) is 52.1 Å². The van der Waals surface area contributed by atoms with Crippen LogP contribution in [0, 0.1) is 6.92 Å². The number of aromatic nitrogens is 1. The van der Waals surface area contributed by atoms with E-state index >= 15 is 0 Å². The number of rotatable bonds is 10. The number of carbonyl (C=O) groups excluding carboxylic acids is 2.